The summed E-state index contributed by atoms with van der Waals surface area (Å²) in [5, 5.41) is 11.0. The molecule has 1 rings (SSSR count). The molecule has 17 heavy (non-hydrogen) atoms. The number of hydrogen-bond donors (Lipinski definition) is 3. The summed E-state index contributed by atoms with van der Waals surface area (Å²) in [6.07, 6.45) is 0.675. The van der Waals surface area contributed by atoms with Crippen LogP contribution in [0, 0.1) is 6.92 Å². The Morgan fingerprint density at radius 3 is 2.47 bits per heavy atom. The van der Waals surface area contributed by atoms with Gasteiger partial charge in [0.1, 0.15) is 0 Å². The highest BCUT2D eigenvalue weighted by atomic mass is 16.5. The van der Waals surface area contributed by atoms with E-state index in [9.17, 15) is 9.59 Å². The average molecular weight is 236 g/mol. The van der Waals surface area contributed by atoms with Crippen LogP contribution in [0.5, 0.6) is 0 Å². The lowest BCUT2D eigenvalue weighted by Crippen LogP contribution is -2.26. The lowest BCUT2D eigenvalue weighted by atomic mass is 10.1. The molecule has 2 amide bonds. The minimum Gasteiger partial charge on any atom is -0.352 e. The van der Waals surface area contributed by atoms with E-state index in [1.165, 1.54) is 5.48 Å². The maximum absolute atomic E-state index is 11.6. The van der Waals surface area contributed by atoms with Gasteiger partial charge in [0.15, 0.2) is 0 Å². The summed E-state index contributed by atoms with van der Waals surface area (Å²) >= 11 is 0. The molecule has 0 aliphatic heterocycles. The molecule has 1 aromatic rings. The van der Waals surface area contributed by atoms with Crippen molar-refractivity contribution in [2.75, 3.05) is 6.54 Å². The minimum absolute atomic E-state index is 0.158. The monoisotopic (exact) mass is 236 g/mol. The third kappa shape index (κ3) is 4.65. The molecule has 0 bridgehead atoms. The summed E-state index contributed by atoms with van der Waals surface area (Å²) in [5.41, 5.74) is 3.24. The van der Waals surface area contributed by atoms with Crippen LogP contribution in [0.1, 0.15) is 28.8 Å². The summed E-state index contributed by atoms with van der Waals surface area (Å²) in [5.74, 6) is -0.607. The zero-order valence-corrected chi connectivity index (χ0v) is 9.69. The van der Waals surface area contributed by atoms with Crippen LogP contribution in [-0.4, -0.2) is 23.6 Å². The highest BCUT2D eigenvalue weighted by Gasteiger charge is 2.04. The molecule has 1 aromatic carbocycles. The fraction of sp³-hybridized carbons (Fsp3) is 0.333. The van der Waals surface area contributed by atoms with Crippen LogP contribution < -0.4 is 10.8 Å². The Morgan fingerprint density at radius 1 is 1.24 bits per heavy atom. The van der Waals surface area contributed by atoms with Gasteiger partial charge in [-0.2, -0.15) is 0 Å². The number of rotatable bonds is 5. The molecule has 0 atom stereocenters. The predicted molar refractivity (Wildman–Crippen MR) is 62.7 cm³/mol. The first-order valence-corrected chi connectivity index (χ1v) is 5.41. The highest BCUT2D eigenvalue weighted by molar-refractivity contribution is 5.94. The molecule has 0 spiro atoms. The van der Waals surface area contributed by atoms with Crippen molar-refractivity contribution < 1.29 is 14.8 Å². The number of nitrogens with one attached hydrogen (secondary N) is 2. The van der Waals surface area contributed by atoms with Crippen LogP contribution in [0.3, 0.4) is 0 Å². The molecular formula is C12H16N2O3. The summed E-state index contributed by atoms with van der Waals surface area (Å²) in [6.45, 7) is 2.36. The van der Waals surface area contributed by atoms with Crippen molar-refractivity contribution in [2.45, 2.75) is 19.8 Å². The third-order valence-electron chi connectivity index (χ3n) is 2.30. The topological polar surface area (TPSA) is 78.4 Å². The largest absolute Gasteiger partial charge is 0.352 e. The van der Waals surface area contributed by atoms with Crippen LogP contribution in [-0.2, 0) is 4.79 Å². The first-order chi connectivity index (χ1) is 8.13. The number of amides is 2. The van der Waals surface area contributed by atoms with E-state index in [-0.39, 0.29) is 12.3 Å². The molecule has 92 valence electrons. The van der Waals surface area contributed by atoms with Crippen LogP contribution in [0.4, 0.5) is 0 Å². The van der Waals surface area contributed by atoms with Crippen LogP contribution in [0.2, 0.25) is 0 Å². The Hall–Kier alpha value is -1.88. The minimum atomic E-state index is -0.449. The highest BCUT2D eigenvalue weighted by Crippen LogP contribution is 2.02. The molecular weight excluding hydrogens is 220 g/mol. The summed E-state index contributed by atoms with van der Waals surface area (Å²) in [4.78, 5) is 22.3. The Kier molecular flexibility index (Phi) is 5.16. The smallest absolute Gasteiger partial charge is 0.251 e. The van der Waals surface area contributed by atoms with Gasteiger partial charge >= 0.3 is 0 Å². The van der Waals surface area contributed by atoms with Crippen LogP contribution in [0.25, 0.3) is 0 Å². The molecule has 0 aliphatic rings. The fourth-order valence-corrected chi connectivity index (χ4v) is 1.31. The molecule has 3 N–H and O–H groups in total. The van der Waals surface area contributed by atoms with E-state index in [4.69, 9.17) is 5.21 Å². The van der Waals surface area contributed by atoms with Crippen LogP contribution >= 0.6 is 0 Å². The Bertz CT molecular complexity index is 387. The van der Waals surface area contributed by atoms with Crippen molar-refractivity contribution in [1.29, 1.82) is 0 Å². The van der Waals surface area contributed by atoms with E-state index in [0.29, 0.717) is 18.5 Å². The van der Waals surface area contributed by atoms with E-state index in [2.05, 4.69) is 5.32 Å². The number of aryl methyl sites for hydroxylation is 1. The van der Waals surface area contributed by atoms with Gasteiger partial charge < -0.3 is 5.32 Å². The maximum atomic E-state index is 11.6. The van der Waals surface area contributed by atoms with E-state index < -0.39 is 5.91 Å². The van der Waals surface area contributed by atoms with E-state index in [1.807, 2.05) is 19.1 Å². The molecule has 0 aromatic heterocycles. The van der Waals surface area contributed by atoms with Gasteiger partial charge in [-0.25, -0.2) is 5.48 Å². The summed E-state index contributed by atoms with van der Waals surface area (Å²) in [6, 6.07) is 7.25. The van der Waals surface area contributed by atoms with E-state index in [1.54, 1.807) is 12.1 Å². The van der Waals surface area contributed by atoms with Gasteiger partial charge in [-0.05, 0) is 25.5 Å². The van der Waals surface area contributed by atoms with Gasteiger partial charge in [0.2, 0.25) is 5.91 Å². The second-order valence-corrected chi connectivity index (χ2v) is 3.76. The van der Waals surface area contributed by atoms with Crippen molar-refractivity contribution in [3.63, 3.8) is 0 Å². The number of benzene rings is 1. The molecule has 0 aliphatic carbocycles. The van der Waals surface area contributed by atoms with Crippen molar-refractivity contribution in [2.24, 2.45) is 0 Å². The fourth-order valence-electron chi connectivity index (χ4n) is 1.31. The van der Waals surface area contributed by atoms with Gasteiger partial charge in [-0.15, -0.1) is 0 Å². The lowest BCUT2D eigenvalue weighted by Gasteiger charge is -2.04. The molecule has 5 heteroatoms. The second kappa shape index (κ2) is 6.65. The zero-order chi connectivity index (χ0) is 12.7. The normalized spacial score (nSPS) is 9.76. The zero-order valence-electron chi connectivity index (χ0n) is 9.69. The first kappa shape index (κ1) is 13.2. The molecule has 0 saturated carbocycles. The van der Waals surface area contributed by atoms with Crippen molar-refractivity contribution in [3.05, 3.63) is 35.4 Å². The predicted octanol–water partition coefficient (Wildman–Crippen LogP) is 1.01. The SMILES string of the molecule is Cc1ccc(C(=O)NCCCC(=O)NO)cc1. The van der Waals surface area contributed by atoms with Gasteiger partial charge in [0, 0.05) is 18.5 Å². The molecule has 5 nitrogen and oxygen atoms in total. The van der Waals surface area contributed by atoms with Gasteiger partial charge in [0.05, 0.1) is 0 Å². The van der Waals surface area contributed by atoms with Crippen molar-refractivity contribution >= 4 is 11.8 Å². The Balaban J connectivity index is 2.30. The molecule has 0 heterocycles. The summed E-state index contributed by atoms with van der Waals surface area (Å²) in [7, 11) is 0. The third-order valence-corrected chi connectivity index (χ3v) is 2.30. The molecule has 0 fully saturated rings. The quantitative estimate of drug-likeness (QED) is 0.405. The van der Waals surface area contributed by atoms with Crippen LogP contribution in [0.15, 0.2) is 24.3 Å². The average Bonchev–Trinajstić information content (AvgIpc) is 2.34. The first-order valence-electron chi connectivity index (χ1n) is 5.41. The van der Waals surface area contributed by atoms with E-state index in [0.717, 1.165) is 5.56 Å². The number of hydroxylamine groups is 1. The molecule has 0 saturated heterocycles. The van der Waals surface area contributed by atoms with Crippen molar-refractivity contribution in [1.82, 2.24) is 10.8 Å². The van der Waals surface area contributed by atoms with Gasteiger partial charge in [-0.3, -0.25) is 14.8 Å². The standard InChI is InChI=1S/C12H16N2O3/c1-9-4-6-10(7-5-9)12(16)13-8-2-3-11(15)14-17/h4-7,17H,2-3,8H2,1H3,(H,13,16)(H,14,15). The maximum Gasteiger partial charge on any atom is 0.251 e. The number of carbonyl (C=O) groups excluding carboxylic acids is 2. The van der Waals surface area contributed by atoms with Crippen molar-refractivity contribution in [3.8, 4) is 0 Å². The molecule has 0 radical (unpaired) electrons. The molecule has 0 unspecified atom stereocenters. The van der Waals surface area contributed by atoms with Gasteiger partial charge in [-0.1, -0.05) is 17.7 Å². The summed E-state index contributed by atoms with van der Waals surface area (Å²) < 4.78 is 0. The van der Waals surface area contributed by atoms with Gasteiger partial charge in [0.25, 0.3) is 5.91 Å². The Labute approximate surface area is 99.8 Å². The number of hydrogen-bond acceptors (Lipinski definition) is 3. The van der Waals surface area contributed by atoms with E-state index >= 15 is 0 Å². The Morgan fingerprint density at radius 2 is 1.88 bits per heavy atom. The second-order valence-electron chi connectivity index (χ2n) is 3.76. The number of carbonyl (C=O) groups is 2. The lowest BCUT2D eigenvalue weighted by molar-refractivity contribution is -0.129.